The molecule has 4 heteroatoms. The number of carbonyl (C=O) groups excluding carboxylic acids is 1. The van der Waals surface area contributed by atoms with Crippen molar-refractivity contribution in [2.45, 2.75) is 19.4 Å². The van der Waals surface area contributed by atoms with Gasteiger partial charge in [0.2, 0.25) is 0 Å². The summed E-state index contributed by atoms with van der Waals surface area (Å²) in [6, 6.07) is 5.22. The van der Waals surface area contributed by atoms with E-state index in [2.05, 4.69) is 27.8 Å². The van der Waals surface area contributed by atoms with E-state index in [1.165, 1.54) is 0 Å². The maximum absolute atomic E-state index is 11.8. The average molecular weight is 283 g/mol. The van der Waals surface area contributed by atoms with Crippen LogP contribution < -0.4 is 11.1 Å². The average Bonchev–Trinajstić information content (AvgIpc) is 2.16. The summed E-state index contributed by atoms with van der Waals surface area (Å²) in [5.74, 6) is -0.123. The number of hydrogen-bond donors (Lipinski definition) is 2. The molecule has 1 aromatic rings. The number of anilines is 1. The van der Waals surface area contributed by atoms with Gasteiger partial charge in [0.05, 0.1) is 0 Å². The Bertz CT molecular complexity index is 384. The summed E-state index contributed by atoms with van der Waals surface area (Å²) in [7, 11) is 0. The van der Waals surface area contributed by atoms with Crippen LogP contribution in [0.5, 0.6) is 0 Å². The Morgan fingerprint density at radius 2 is 2.31 bits per heavy atom. The van der Waals surface area contributed by atoms with Crippen LogP contribution in [-0.4, -0.2) is 11.9 Å². The van der Waals surface area contributed by atoms with Crippen molar-refractivity contribution in [2.75, 3.05) is 5.73 Å². The summed E-state index contributed by atoms with van der Waals surface area (Å²) >= 11 is 3.30. The van der Waals surface area contributed by atoms with Crippen molar-refractivity contribution in [3.05, 3.63) is 40.9 Å². The topological polar surface area (TPSA) is 55.1 Å². The predicted octanol–water partition coefficient (Wildman–Crippen LogP) is 2.73. The van der Waals surface area contributed by atoms with Crippen LogP contribution in [0, 0.1) is 0 Å². The molecule has 16 heavy (non-hydrogen) atoms. The number of nitrogens with two attached hydrogens (primary N) is 1. The number of hydrogen-bond acceptors (Lipinski definition) is 2. The summed E-state index contributed by atoms with van der Waals surface area (Å²) in [5.41, 5.74) is 6.78. The first kappa shape index (κ1) is 12.8. The first-order valence-electron chi connectivity index (χ1n) is 5.00. The fraction of sp³-hybridized carbons (Fsp3) is 0.250. The molecule has 1 atom stereocenters. The second-order valence-electron chi connectivity index (χ2n) is 3.67. The zero-order valence-electron chi connectivity index (χ0n) is 9.16. The number of carbonyl (C=O) groups is 1. The standard InChI is InChI=1S/C12H15BrN2O/c1-3-4-8(2)15-12(16)9-5-10(13)7-11(14)6-9/h3,5-8H,1,4,14H2,2H3,(H,15,16). The lowest BCUT2D eigenvalue weighted by Crippen LogP contribution is -2.32. The fourth-order valence-electron chi connectivity index (χ4n) is 1.36. The van der Waals surface area contributed by atoms with E-state index in [-0.39, 0.29) is 11.9 Å². The Morgan fingerprint density at radius 3 is 2.88 bits per heavy atom. The highest BCUT2D eigenvalue weighted by Crippen LogP contribution is 2.17. The van der Waals surface area contributed by atoms with Gasteiger partial charge >= 0.3 is 0 Å². The van der Waals surface area contributed by atoms with Gasteiger partial charge in [0.15, 0.2) is 0 Å². The van der Waals surface area contributed by atoms with Crippen LogP contribution in [0.1, 0.15) is 23.7 Å². The zero-order chi connectivity index (χ0) is 12.1. The largest absolute Gasteiger partial charge is 0.399 e. The van der Waals surface area contributed by atoms with Gasteiger partial charge in [-0.3, -0.25) is 4.79 Å². The minimum Gasteiger partial charge on any atom is -0.399 e. The maximum atomic E-state index is 11.8. The van der Waals surface area contributed by atoms with Gasteiger partial charge in [0, 0.05) is 21.8 Å². The molecular weight excluding hydrogens is 268 g/mol. The maximum Gasteiger partial charge on any atom is 0.251 e. The lowest BCUT2D eigenvalue weighted by atomic mass is 10.1. The SMILES string of the molecule is C=CCC(C)NC(=O)c1cc(N)cc(Br)c1. The highest BCUT2D eigenvalue weighted by atomic mass is 79.9. The zero-order valence-corrected chi connectivity index (χ0v) is 10.8. The minimum absolute atomic E-state index is 0.0743. The molecule has 0 aromatic heterocycles. The Morgan fingerprint density at radius 1 is 1.62 bits per heavy atom. The van der Waals surface area contributed by atoms with E-state index in [1.54, 1.807) is 24.3 Å². The third-order valence-electron chi connectivity index (χ3n) is 2.08. The van der Waals surface area contributed by atoms with Crippen LogP contribution in [0.3, 0.4) is 0 Å². The fourth-order valence-corrected chi connectivity index (χ4v) is 1.87. The van der Waals surface area contributed by atoms with Crippen LogP contribution in [0.25, 0.3) is 0 Å². The van der Waals surface area contributed by atoms with Gasteiger partial charge < -0.3 is 11.1 Å². The van der Waals surface area contributed by atoms with Gasteiger partial charge in [-0.15, -0.1) is 6.58 Å². The molecular formula is C12H15BrN2O. The van der Waals surface area contributed by atoms with E-state index < -0.39 is 0 Å². The van der Waals surface area contributed by atoms with Crippen molar-refractivity contribution in [1.82, 2.24) is 5.32 Å². The molecule has 0 aliphatic rings. The molecule has 1 unspecified atom stereocenters. The minimum atomic E-state index is -0.123. The van der Waals surface area contributed by atoms with Crippen molar-refractivity contribution >= 4 is 27.5 Å². The second kappa shape index (κ2) is 5.70. The second-order valence-corrected chi connectivity index (χ2v) is 4.59. The molecule has 0 radical (unpaired) electrons. The first-order chi connectivity index (χ1) is 7.52. The highest BCUT2D eigenvalue weighted by Gasteiger charge is 2.09. The predicted molar refractivity (Wildman–Crippen MR) is 70.3 cm³/mol. The van der Waals surface area contributed by atoms with E-state index in [1.807, 2.05) is 6.92 Å². The first-order valence-corrected chi connectivity index (χ1v) is 5.80. The summed E-state index contributed by atoms with van der Waals surface area (Å²) in [6.07, 6.45) is 2.52. The van der Waals surface area contributed by atoms with E-state index in [9.17, 15) is 4.79 Å². The molecule has 0 saturated carbocycles. The molecule has 0 aliphatic heterocycles. The Kier molecular flexibility index (Phi) is 4.55. The van der Waals surface area contributed by atoms with E-state index in [0.717, 1.165) is 10.9 Å². The lowest BCUT2D eigenvalue weighted by Gasteiger charge is -2.12. The summed E-state index contributed by atoms with van der Waals surface area (Å²) in [4.78, 5) is 11.8. The van der Waals surface area contributed by atoms with Gasteiger partial charge in [0.25, 0.3) is 5.91 Å². The molecule has 1 aromatic carbocycles. The van der Waals surface area contributed by atoms with Crippen molar-refractivity contribution in [1.29, 1.82) is 0 Å². The smallest absolute Gasteiger partial charge is 0.251 e. The van der Waals surface area contributed by atoms with Crippen LogP contribution in [0.4, 0.5) is 5.69 Å². The van der Waals surface area contributed by atoms with Crippen LogP contribution >= 0.6 is 15.9 Å². The molecule has 0 aliphatic carbocycles. The van der Waals surface area contributed by atoms with Gasteiger partial charge in [0.1, 0.15) is 0 Å². The molecule has 3 N–H and O–H groups in total. The quantitative estimate of drug-likeness (QED) is 0.659. The third-order valence-corrected chi connectivity index (χ3v) is 2.54. The van der Waals surface area contributed by atoms with Crippen LogP contribution in [-0.2, 0) is 0 Å². The molecule has 0 bridgehead atoms. The summed E-state index contributed by atoms with van der Waals surface area (Å²) < 4.78 is 0.800. The Hall–Kier alpha value is -1.29. The Balaban J connectivity index is 2.76. The molecule has 0 fully saturated rings. The van der Waals surface area contributed by atoms with Crippen LogP contribution in [0.15, 0.2) is 35.3 Å². The van der Waals surface area contributed by atoms with Gasteiger partial charge in [-0.05, 0) is 31.5 Å². The lowest BCUT2D eigenvalue weighted by molar-refractivity contribution is 0.0940. The molecule has 86 valence electrons. The van der Waals surface area contributed by atoms with Gasteiger partial charge in [-0.25, -0.2) is 0 Å². The van der Waals surface area contributed by atoms with Gasteiger partial charge in [-0.2, -0.15) is 0 Å². The molecule has 3 nitrogen and oxygen atoms in total. The highest BCUT2D eigenvalue weighted by molar-refractivity contribution is 9.10. The molecule has 0 spiro atoms. The number of nitrogens with one attached hydrogen (secondary N) is 1. The number of benzene rings is 1. The number of halogens is 1. The van der Waals surface area contributed by atoms with E-state index >= 15 is 0 Å². The van der Waals surface area contributed by atoms with Crippen molar-refractivity contribution in [3.63, 3.8) is 0 Å². The Labute approximate surface area is 104 Å². The summed E-state index contributed by atoms with van der Waals surface area (Å²) in [5, 5.41) is 2.86. The van der Waals surface area contributed by atoms with Crippen molar-refractivity contribution < 1.29 is 4.79 Å². The van der Waals surface area contributed by atoms with Crippen LogP contribution in [0.2, 0.25) is 0 Å². The van der Waals surface area contributed by atoms with Crippen molar-refractivity contribution in [3.8, 4) is 0 Å². The van der Waals surface area contributed by atoms with Crippen molar-refractivity contribution in [2.24, 2.45) is 0 Å². The number of nitrogen functional groups attached to an aromatic ring is 1. The summed E-state index contributed by atoms with van der Waals surface area (Å²) in [6.45, 7) is 5.56. The molecule has 0 heterocycles. The molecule has 1 rings (SSSR count). The monoisotopic (exact) mass is 282 g/mol. The molecule has 0 saturated heterocycles. The van der Waals surface area contributed by atoms with E-state index in [0.29, 0.717) is 11.3 Å². The van der Waals surface area contributed by atoms with E-state index in [4.69, 9.17) is 5.73 Å². The van der Waals surface area contributed by atoms with Gasteiger partial charge in [-0.1, -0.05) is 22.0 Å². The molecule has 1 amide bonds. The number of rotatable bonds is 4. The number of amides is 1. The normalized spacial score (nSPS) is 11.9. The third kappa shape index (κ3) is 3.70.